The van der Waals surface area contributed by atoms with Crippen LogP contribution in [-0.2, 0) is 19.0 Å². The zero-order valence-corrected chi connectivity index (χ0v) is 23.2. The molecule has 2 heterocycles. The number of phenols is 3. The number of hydrogen-bond acceptors (Lipinski definition) is 13. The van der Waals surface area contributed by atoms with Crippen LogP contribution in [0.4, 0.5) is 0 Å². The molecule has 7 unspecified atom stereocenters. The molecule has 13 nitrogen and oxygen atoms in total. The predicted octanol–water partition coefficient (Wildman–Crippen LogP) is 1.58. The van der Waals surface area contributed by atoms with Crippen LogP contribution in [0.3, 0.4) is 0 Å². The molecule has 6 N–H and O–H groups in total. The minimum Gasteiger partial charge on any atom is -0.508 e. The Labute approximate surface area is 250 Å². The first kappa shape index (κ1) is 30.8. The Morgan fingerprint density at radius 2 is 1.61 bits per heavy atom. The van der Waals surface area contributed by atoms with Gasteiger partial charge < -0.3 is 54.3 Å². The van der Waals surface area contributed by atoms with Gasteiger partial charge in [-0.25, -0.2) is 4.79 Å². The number of esters is 1. The van der Waals surface area contributed by atoms with E-state index in [9.17, 15) is 40.2 Å². The van der Waals surface area contributed by atoms with Crippen LogP contribution in [0.15, 0.2) is 66.7 Å². The number of aliphatic hydroxyl groups excluding tert-OH is 3. The Morgan fingerprint density at radius 1 is 0.909 bits per heavy atom. The average molecular weight is 611 g/mol. The van der Waals surface area contributed by atoms with Crippen LogP contribution in [0.2, 0.25) is 0 Å². The molecular weight excluding hydrogens is 580 g/mol. The fraction of sp³-hybridized carbons (Fsp3) is 0.290. The number of aliphatic hydroxyl groups is 3. The molecule has 0 bridgehead atoms. The standard InChI is InChI=1S/C31H30O13/c1-40-19-9-5-16(6-10-19)29-30(26(37)24-20(34)12-18(33)13-21(24)42-29)44-31-28(39)27(38)25(36)22(43-31)14-41-23(35)11-4-15-2-7-17(32)8-3-15/h2-13,22,25,27-34,36,38-39H,14H2,1H3/b11-4+. The molecule has 1 saturated heterocycles. The zero-order chi connectivity index (χ0) is 31.5. The SMILES string of the molecule is COc1ccc(C2Oc3cc(O)cc(O)c3C(=O)C2OC2OC(COC(=O)/C=C/c3ccc(O)cc3)C(O)C(O)C2O)cc1. The van der Waals surface area contributed by atoms with Gasteiger partial charge in [0.1, 0.15) is 65.3 Å². The smallest absolute Gasteiger partial charge is 0.330 e. The summed E-state index contributed by atoms with van der Waals surface area (Å²) >= 11 is 0. The van der Waals surface area contributed by atoms with E-state index in [2.05, 4.69) is 0 Å². The summed E-state index contributed by atoms with van der Waals surface area (Å²) in [5.74, 6) is -2.04. The first-order valence-corrected chi connectivity index (χ1v) is 13.5. The molecule has 2 aliphatic rings. The van der Waals surface area contributed by atoms with Gasteiger partial charge in [0.25, 0.3) is 0 Å². The molecule has 7 atom stereocenters. The number of phenolic OH excluding ortho intramolecular Hbond substituents is 3. The van der Waals surface area contributed by atoms with Crippen molar-refractivity contribution in [2.45, 2.75) is 42.9 Å². The molecule has 3 aromatic rings. The van der Waals surface area contributed by atoms with E-state index >= 15 is 0 Å². The van der Waals surface area contributed by atoms with Gasteiger partial charge in [-0.2, -0.15) is 0 Å². The number of ketones is 1. The number of benzene rings is 3. The molecule has 5 rings (SSSR count). The topological polar surface area (TPSA) is 202 Å². The van der Waals surface area contributed by atoms with E-state index in [0.717, 1.165) is 18.2 Å². The van der Waals surface area contributed by atoms with Crippen LogP contribution in [0.1, 0.15) is 27.6 Å². The lowest BCUT2D eigenvalue weighted by Gasteiger charge is -2.42. The maximum absolute atomic E-state index is 13.7. The first-order valence-electron chi connectivity index (χ1n) is 13.5. The highest BCUT2D eigenvalue weighted by Gasteiger charge is 2.49. The van der Waals surface area contributed by atoms with E-state index in [1.807, 2.05) is 0 Å². The number of methoxy groups -OCH3 is 1. The molecule has 13 heteroatoms. The first-order chi connectivity index (χ1) is 21.0. The maximum atomic E-state index is 13.7. The van der Waals surface area contributed by atoms with Gasteiger partial charge in [-0.05, 0) is 41.5 Å². The highest BCUT2D eigenvalue weighted by Crippen LogP contribution is 2.43. The Hall–Kier alpha value is -4.66. The summed E-state index contributed by atoms with van der Waals surface area (Å²) in [6.45, 7) is -0.552. The fourth-order valence-corrected chi connectivity index (χ4v) is 4.85. The molecular formula is C31H30O13. The van der Waals surface area contributed by atoms with Crippen molar-refractivity contribution in [3.63, 3.8) is 0 Å². The zero-order valence-electron chi connectivity index (χ0n) is 23.2. The normalized spacial score (nSPS) is 26.5. The Bertz CT molecular complexity index is 1520. The van der Waals surface area contributed by atoms with E-state index < -0.39 is 67.0 Å². The summed E-state index contributed by atoms with van der Waals surface area (Å²) in [5, 5.41) is 61.6. The van der Waals surface area contributed by atoms with Crippen molar-refractivity contribution >= 4 is 17.8 Å². The highest BCUT2D eigenvalue weighted by atomic mass is 16.7. The lowest BCUT2D eigenvalue weighted by atomic mass is 9.92. The lowest BCUT2D eigenvalue weighted by Crippen LogP contribution is -2.60. The molecule has 1 fully saturated rings. The van der Waals surface area contributed by atoms with Crippen LogP contribution in [0.5, 0.6) is 28.7 Å². The monoisotopic (exact) mass is 610 g/mol. The predicted molar refractivity (Wildman–Crippen MR) is 150 cm³/mol. The molecule has 0 radical (unpaired) electrons. The number of Topliss-reactive ketones (excluding diaryl/α,β-unsaturated/α-hetero) is 1. The number of aromatic hydroxyl groups is 3. The summed E-state index contributed by atoms with van der Waals surface area (Å²) < 4.78 is 27.9. The van der Waals surface area contributed by atoms with Gasteiger partial charge in [0, 0.05) is 18.2 Å². The molecule has 3 aromatic carbocycles. The van der Waals surface area contributed by atoms with Crippen molar-refractivity contribution in [1.29, 1.82) is 0 Å². The van der Waals surface area contributed by atoms with Gasteiger partial charge in [-0.3, -0.25) is 4.79 Å². The van der Waals surface area contributed by atoms with Crippen molar-refractivity contribution in [2.75, 3.05) is 13.7 Å². The van der Waals surface area contributed by atoms with Crippen LogP contribution in [0.25, 0.3) is 6.08 Å². The van der Waals surface area contributed by atoms with Crippen molar-refractivity contribution in [2.24, 2.45) is 0 Å². The number of hydrogen-bond donors (Lipinski definition) is 6. The van der Waals surface area contributed by atoms with Crippen LogP contribution in [-0.4, -0.2) is 92.9 Å². The number of ether oxygens (including phenoxy) is 5. The summed E-state index contributed by atoms with van der Waals surface area (Å²) in [4.78, 5) is 26.0. The molecule has 0 saturated carbocycles. The Balaban J connectivity index is 1.35. The van der Waals surface area contributed by atoms with Gasteiger partial charge in [0.15, 0.2) is 18.5 Å². The third-order valence-electron chi connectivity index (χ3n) is 7.19. The molecule has 232 valence electrons. The van der Waals surface area contributed by atoms with E-state index in [4.69, 9.17) is 23.7 Å². The largest absolute Gasteiger partial charge is 0.508 e. The summed E-state index contributed by atoms with van der Waals surface area (Å²) in [7, 11) is 1.48. The summed E-state index contributed by atoms with van der Waals surface area (Å²) in [6.07, 6.45) is -8.63. The highest BCUT2D eigenvalue weighted by molar-refractivity contribution is 6.05. The van der Waals surface area contributed by atoms with Gasteiger partial charge in [-0.1, -0.05) is 24.3 Å². The van der Waals surface area contributed by atoms with Crippen molar-refractivity contribution in [3.05, 3.63) is 83.4 Å². The third-order valence-corrected chi connectivity index (χ3v) is 7.19. The van der Waals surface area contributed by atoms with Crippen molar-refractivity contribution < 1.29 is 63.9 Å². The van der Waals surface area contributed by atoms with Crippen molar-refractivity contribution in [1.82, 2.24) is 0 Å². The summed E-state index contributed by atoms with van der Waals surface area (Å²) in [5.41, 5.74) is 0.748. The second-order valence-corrected chi connectivity index (χ2v) is 10.1. The minimum absolute atomic E-state index is 0.0581. The van der Waals surface area contributed by atoms with Crippen molar-refractivity contribution in [3.8, 4) is 28.7 Å². The van der Waals surface area contributed by atoms with Crippen LogP contribution in [0, 0.1) is 0 Å². The maximum Gasteiger partial charge on any atom is 0.330 e. The van der Waals surface area contributed by atoms with Gasteiger partial charge in [-0.15, -0.1) is 0 Å². The average Bonchev–Trinajstić information content (AvgIpc) is 3.01. The quantitative estimate of drug-likeness (QED) is 0.159. The fourth-order valence-electron chi connectivity index (χ4n) is 4.85. The van der Waals surface area contributed by atoms with Crippen LogP contribution < -0.4 is 9.47 Å². The van der Waals surface area contributed by atoms with Gasteiger partial charge in [0.05, 0.1) is 7.11 Å². The third kappa shape index (κ3) is 6.46. The molecule has 44 heavy (non-hydrogen) atoms. The molecule has 0 amide bonds. The van der Waals surface area contributed by atoms with E-state index in [0.29, 0.717) is 16.9 Å². The Morgan fingerprint density at radius 3 is 2.30 bits per heavy atom. The van der Waals surface area contributed by atoms with Gasteiger partial charge >= 0.3 is 5.97 Å². The number of carbonyl (C=O) groups is 2. The van der Waals surface area contributed by atoms with Gasteiger partial charge in [0.2, 0.25) is 5.78 Å². The molecule has 2 aliphatic heterocycles. The summed E-state index contributed by atoms with van der Waals surface area (Å²) in [6, 6.07) is 14.6. The van der Waals surface area contributed by atoms with E-state index in [1.165, 1.54) is 25.3 Å². The number of carbonyl (C=O) groups excluding carboxylic acids is 2. The van der Waals surface area contributed by atoms with E-state index in [-0.39, 0.29) is 22.8 Å². The Kier molecular flexibility index (Phi) is 9.04. The molecule has 0 spiro atoms. The molecule has 0 aliphatic carbocycles. The second-order valence-electron chi connectivity index (χ2n) is 10.1. The number of rotatable bonds is 8. The van der Waals surface area contributed by atoms with E-state index in [1.54, 1.807) is 36.4 Å². The minimum atomic E-state index is -1.84. The molecule has 0 aromatic heterocycles. The van der Waals surface area contributed by atoms with Crippen LogP contribution >= 0.6 is 0 Å². The second kappa shape index (κ2) is 12.9. The lowest BCUT2D eigenvalue weighted by molar-refractivity contribution is -0.312. The number of fused-ring (bicyclic) bond motifs is 1.